The summed E-state index contributed by atoms with van der Waals surface area (Å²) in [6.45, 7) is 4.70. The fourth-order valence-corrected chi connectivity index (χ4v) is 2.88. The van der Waals surface area contributed by atoms with Crippen LogP contribution in [0.15, 0.2) is 30.5 Å². The lowest BCUT2D eigenvalue weighted by Crippen LogP contribution is -2.17. The SMILES string of the molecule is CCOc1ccccc1C(NC)c1cnc(C)s1. The number of ether oxygens (including phenoxy) is 1. The second-order valence-electron chi connectivity index (χ2n) is 3.97. The van der Waals surface area contributed by atoms with E-state index in [-0.39, 0.29) is 6.04 Å². The van der Waals surface area contributed by atoms with E-state index in [1.807, 2.05) is 45.3 Å². The maximum absolute atomic E-state index is 5.69. The van der Waals surface area contributed by atoms with Gasteiger partial charge in [-0.3, -0.25) is 0 Å². The Bertz CT molecular complexity index is 510. The van der Waals surface area contributed by atoms with Gasteiger partial charge in [-0.05, 0) is 27.0 Å². The quantitative estimate of drug-likeness (QED) is 0.898. The van der Waals surface area contributed by atoms with Gasteiger partial charge in [0.1, 0.15) is 5.75 Å². The van der Waals surface area contributed by atoms with Crippen LogP contribution in [0.5, 0.6) is 5.75 Å². The molecule has 2 rings (SSSR count). The summed E-state index contributed by atoms with van der Waals surface area (Å²) in [7, 11) is 1.96. The number of hydrogen-bond donors (Lipinski definition) is 1. The second kappa shape index (κ2) is 5.98. The largest absolute Gasteiger partial charge is 0.494 e. The van der Waals surface area contributed by atoms with Crippen LogP contribution < -0.4 is 10.1 Å². The van der Waals surface area contributed by atoms with E-state index >= 15 is 0 Å². The molecule has 0 aliphatic rings. The Balaban J connectivity index is 2.38. The molecule has 1 aromatic carbocycles. The molecule has 4 heteroatoms. The van der Waals surface area contributed by atoms with E-state index in [1.165, 1.54) is 4.88 Å². The third-order valence-corrected chi connectivity index (χ3v) is 3.72. The molecule has 18 heavy (non-hydrogen) atoms. The van der Waals surface area contributed by atoms with E-state index in [1.54, 1.807) is 11.3 Å². The highest BCUT2D eigenvalue weighted by molar-refractivity contribution is 7.11. The summed E-state index contributed by atoms with van der Waals surface area (Å²) in [5.41, 5.74) is 1.16. The Morgan fingerprint density at radius 1 is 1.39 bits per heavy atom. The lowest BCUT2D eigenvalue weighted by Gasteiger charge is -2.18. The predicted octanol–water partition coefficient (Wildman–Crippen LogP) is 3.16. The standard InChI is InChI=1S/C14H18N2OS/c1-4-17-12-8-6-5-7-11(12)14(15-3)13-9-16-10(2)18-13/h5-9,14-15H,4H2,1-3H3. The van der Waals surface area contributed by atoms with E-state index in [9.17, 15) is 0 Å². The van der Waals surface area contributed by atoms with Crippen molar-refractivity contribution in [3.8, 4) is 5.75 Å². The van der Waals surface area contributed by atoms with Crippen molar-refractivity contribution in [2.45, 2.75) is 19.9 Å². The minimum absolute atomic E-state index is 0.138. The van der Waals surface area contributed by atoms with Crippen molar-refractivity contribution < 1.29 is 4.74 Å². The first-order chi connectivity index (χ1) is 8.76. The Labute approximate surface area is 112 Å². The number of thiazole rings is 1. The van der Waals surface area contributed by atoms with E-state index < -0.39 is 0 Å². The first-order valence-corrected chi connectivity index (χ1v) is 6.89. The van der Waals surface area contributed by atoms with Gasteiger partial charge in [0.2, 0.25) is 0 Å². The number of nitrogens with zero attached hydrogens (tertiary/aromatic N) is 1. The summed E-state index contributed by atoms with van der Waals surface area (Å²) in [5, 5.41) is 4.42. The molecule has 0 saturated carbocycles. The Hall–Kier alpha value is -1.39. The van der Waals surface area contributed by atoms with Crippen LogP contribution in [0.1, 0.15) is 28.4 Å². The molecule has 1 aromatic heterocycles. The molecule has 1 atom stereocenters. The molecule has 1 unspecified atom stereocenters. The molecule has 0 amide bonds. The first kappa shape index (κ1) is 13.1. The van der Waals surface area contributed by atoms with Gasteiger partial charge in [-0.25, -0.2) is 4.98 Å². The van der Waals surface area contributed by atoms with E-state index in [0.717, 1.165) is 16.3 Å². The molecule has 96 valence electrons. The number of aryl methyl sites for hydroxylation is 1. The minimum Gasteiger partial charge on any atom is -0.494 e. The van der Waals surface area contributed by atoms with Gasteiger partial charge >= 0.3 is 0 Å². The van der Waals surface area contributed by atoms with Gasteiger partial charge in [-0.15, -0.1) is 11.3 Å². The van der Waals surface area contributed by atoms with E-state index in [2.05, 4.69) is 16.4 Å². The number of aromatic nitrogens is 1. The van der Waals surface area contributed by atoms with Gasteiger partial charge in [-0.1, -0.05) is 18.2 Å². The van der Waals surface area contributed by atoms with Crippen LogP contribution in [0.25, 0.3) is 0 Å². The molecule has 0 radical (unpaired) electrons. The molecule has 1 heterocycles. The lowest BCUT2D eigenvalue weighted by molar-refractivity contribution is 0.334. The summed E-state index contributed by atoms with van der Waals surface area (Å²) in [6.07, 6.45) is 1.93. The van der Waals surface area contributed by atoms with Crippen LogP contribution in [-0.4, -0.2) is 18.6 Å². The van der Waals surface area contributed by atoms with Crippen LogP contribution in [0, 0.1) is 6.92 Å². The Morgan fingerprint density at radius 3 is 2.78 bits per heavy atom. The molecule has 3 nitrogen and oxygen atoms in total. The highest BCUT2D eigenvalue weighted by atomic mass is 32.1. The van der Waals surface area contributed by atoms with Crippen molar-refractivity contribution in [3.05, 3.63) is 45.9 Å². The average molecular weight is 262 g/mol. The number of hydrogen-bond acceptors (Lipinski definition) is 4. The van der Waals surface area contributed by atoms with Gasteiger partial charge < -0.3 is 10.1 Å². The first-order valence-electron chi connectivity index (χ1n) is 6.07. The third-order valence-electron chi connectivity index (χ3n) is 2.74. The Morgan fingerprint density at radius 2 is 2.17 bits per heavy atom. The second-order valence-corrected chi connectivity index (χ2v) is 5.24. The highest BCUT2D eigenvalue weighted by Gasteiger charge is 2.18. The third kappa shape index (κ3) is 2.71. The molecular weight excluding hydrogens is 244 g/mol. The molecule has 0 aliphatic carbocycles. The Kier molecular flexibility index (Phi) is 4.33. The van der Waals surface area contributed by atoms with Gasteiger partial charge in [-0.2, -0.15) is 0 Å². The van der Waals surface area contributed by atoms with Gasteiger partial charge in [0, 0.05) is 16.6 Å². The maximum Gasteiger partial charge on any atom is 0.124 e. The monoisotopic (exact) mass is 262 g/mol. The molecule has 0 aliphatic heterocycles. The summed E-state index contributed by atoms with van der Waals surface area (Å²) in [5.74, 6) is 0.936. The smallest absolute Gasteiger partial charge is 0.124 e. The average Bonchev–Trinajstić information content (AvgIpc) is 2.79. The summed E-state index contributed by atoms with van der Waals surface area (Å²) in [6, 6.07) is 8.28. The van der Waals surface area contributed by atoms with Crippen LogP contribution in [0.3, 0.4) is 0 Å². The molecule has 0 spiro atoms. The van der Waals surface area contributed by atoms with Crippen molar-refractivity contribution in [2.75, 3.05) is 13.7 Å². The summed E-state index contributed by atoms with van der Waals surface area (Å²) >= 11 is 1.71. The van der Waals surface area contributed by atoms with Crippen LogP contribution >= 0.6 is 11.3 Å². The molecular formula is C14H18N2OS. The van der Waals surface area contributed by atoms with E-state index in [4.69, 9.17) is 4.74 Å². The number of benzene rings is 1. The molecule has 2 aromatic rings. The van der Waals surface area contributed by atoms with Crippen molar-refractivity contribution in [1.82, 2.24) is 10.3 Å². The zero-order valence-electron chi connectivity index (χ0n) is 10.9. The lowest BCUT2D eigenvalue weighted by atomic mass is 10.0. The van der Waals surface area contributed by atoms with Gasteiger partial charge in [0.15, 0.2) is 0 Å². The van der Waals surface area contributed by atoms with E-state index in [0.29, 0.717) is 6.61 Å². The summed E-state index contributed by atoms with van der Waals surface area (Å²) < 4.78 is 5.69. The van der Waals surface area contributed by atoms with Crippen molar-refractivity contribution in [2.24, 2.45) is 0 Å². The fourth-order valence-electron chi connectivity index (χ4n) is 1.97. The van der Waals surface area contributed by atoms with Crippen LogP contribution in [0.4, 0.5) is 0 Å². The highest BCUT2D eigenvalue weighted by Crippen LogP contribution is 2.32. The molecule has 0 bridgehead atoms. The van der Waals surface area contributed by atoms with Gasteiger partial charge in [0.05, 0.1) is 17.7 Å². The summed E-state index contributed by atoms with van der Waals surface area (Å²) in [4.78, 5) is 5.53. The topological polar surface area (TPSA) is 34.1 Å². The zero-order valence-corrected chi connectivity index (χ0v) is 11.8. The van der Waals surface area contributed by atoms with Crippen molar-refractivity contribution in [3.63, 3.8) is 0 Å². The maximum atomic E-state index is 5.69. The van der Waals surface area contributed by atoms with Crippen molar-refractivity contribution in [1.29, 1.82) is 0 Å². The predicted molar refractivity (Wildman–Crippen MR) is 75.4 cm³/mol. The molecule has 0 fully saturated rings. The fraction of sp³-hybridized carbons (Fsp3) is 0.357. The minimum atomic E-state index is 0.138. The normalized spacial score (nSPS) is 12.4. The number of rotatable bonds is 5. The number of nitrogens with one attached hydrogen (secondary N) is 1. The zero-order chi connectivity index (χ0) is 13.0. The van der Waals surface area contributed by atoms with Crippen LogP contribution in [-0.2, 0) is 0 Å². The van der Waals surface area contributed by atoms with Gasteiger partial charge in [0.25, 0.3) is 0 Å². The van der Waals surface area contributed by atoms with Crippen LogP contribution in [0.2, 0.25) is 0 Å². The molecule has 1 N–H and O–H groups in total. The molecule has 0 saturated heterocycles. The van der Waals surface area contributed by atoms with Crippen molar-refractivity contribution >= 4 is 11.3 Å². The number of para-hydroxylation sites is 1.